The minimum absolute atomic E-state index is 0.0890. The number of aromatic nitrogens is 3. The van der Waals surface area contributed by atoms with E-state index < -0.39 is 0 Å². The second-order valence-electron chi connectivity index (χ2n) is 8.50. The largest absolute Gasteiger partial charge is 0.494 e. The highest BCUT2D eigenvalue weighted by Crippen LogP contribution is 2.37. The van der Waals surface area contributed by atoms with E-state index >= 15 is 0 Å². The number of benzene rings is 1. The van der Waals surface area contributed by atoms with Gasteiger partial charge in [-0.05, 0) is 44.0 Å². The molecule has 0 N–H and O–H groups in total. The molecule has 4 aromatic rings. The number of fused-ring (bicyclic) bond motifs is 2. The summed E-state index contributed by atoms with van der Waals surface area (Å²) in [6.07, 6.45) is 2.73. The number of nitrogens with zero attached hydrogens (tertiary/aromatic N) is 5. The highest BCUT2D eigenvalue weighted by Gasteiger charge is 2.27. The molecule has 4 heterocycles. The minimum atomic E-state index is -0.0890. The van der Waals surface area contributed by atoms with Gasteiger partial charge in [0.1, 0.15) is 22.6 Å². The zero-order valence-corrected chi connectivity index (χ0v) is 20.6. The van der Waals surface area contributed by atoms with Crippen LogP contribution in [0.15, 0.2) is 36.5 Å². The SMILES string of the molecule is COc1ccc(C)c2sc(N(CCCN3CCOCC3)C(=O)c3c(C)nc4ccccn34)nc12. The molecule has 1 aliphatic heterocycles. The first-order valence-electron chi connectivity index (χ1n) is 11.6. The van der Waals surface area contributed by atoms with Crippen LogP contribution < -0.4 is 9.64 Å². The zero-order valence-electron chi connectivity index (χ0n) is 19.8. The molecule has 0 atom stereocenters. The van der Waals surface area contributed by atoms with Crippen molar-refractivity contribution in [1.29, 1.82) is 0 Å². The fourth-order valence-corrected chi connectivity index (χ4v) is 5.51. The molecule has 0 unspecified atom stereocenters. The van der Waals surface area contributed by atoms with Gasteiger partial charge in [0.2, 0.25) is 0 Å². The van der Waals surface area contributed by atoms with Crippen molar-refractivity contribution in [3.8, 4) is 5.75 Å². The molecular weight excluding hydrogens is 450 g/mol. The van der Waals surface area contributed by atoms with Crippen molar-refractivity contribution in [2.24, 2.45) is 0 Å². The van der Waals surface area contributed by atoms with E-state index in [1.807, 2.05) is 52.8 Å². The predicted molar refractivity (Wildman–Crippen MR) is 134 cm³/mol. The van der Waals surface area contributed by atoms with Crippen LogP contribution in [-0.4, -0.2) is 71.7 Å². The van der Waals surface area contributed by atoms with E-state index in [1.165, 1.54) is 11.3 Å². The lowest BCUT2D eigenvalue weighted by Gasteiger charge is -2.27. The van der Waals surface area contributed by atoms with Crippen LogP contribution >= 0.6 is 11.3 Å². The number of pyridine rings is 1. The number of aryl methyl sites for hydroxylation is 2. The Labute approximate surface area is 202 Å². The maximum Gasteiger partial charge on any atom is 0.278 e. The molecule has 0 radical (unpaired) electrons. The molecule has 0 aliphatic carbocycles. The normalized spacial score (nSPS) is 14.7. The Hall–Kier alpha value is -3.01. The average molecular weight is 480 g/mol. The fourth-order valence-electron chi connectivity index (χ4n) is 4.44. The van der Waals surface area contributed by atoms with Crippen LogP contribution in [0, 0.1) is 13.8 Å². The van der Waals surface area contributed by atoms with Crippen molar-refractivity contribution in [3.63, 3.8) is 0 Å². The summed E-state index contributed by atoms with van der Waals surface area (Å²) >= 11 is 1.54. The molecule has 1 fully saturated rings. The van der Waals surface area contributed by atoms with Crippen LogP contribution in [0.2, 0.25) is 0 Å². The molecule has 178 valence electrons. The van der Waals surface area contributed by atoms with Crippen molar-refractivity contribution >= 4 is 38.2 Å². The van der Waals surface area contributed by atoms with E-state index in [2.05, 4.69) is 16.8 Å². The quantitative estimate of drug-likeness (QED) is 0.400. The van der Waals surface area contributed by atoms with Gasteiger partial charge >= 0.3 is 0 Å². The van der Waals surface area contributed by atoms with Crippen LogP contribution in [0.3, 0.4) is 0 Å². The molecule has 1 saturated heterocycles. The van der Waals surface area contributed by atoms with E-state index in [1.54, 1.807) is 7.11 Å². The van der Waals surface area contributed by atoms with Gasteiger partial charge in [0.05, 0.1) is 30.7 Å². The van der Waals surface area contributed by atoms with Crippen LogP contribution in [0.25, 0.3) is 15.9 Å². The summed E-state index contributed by atoms with van der Waals surface area (Å²) in [7, 11) is 1.65. The smallest absolute Gasteiger partial charge is 0.278 e. The van der Waals surface area contributed by atoms with Crippen molar-refractivity contribution in [2.75, 3.05) is 51.4 Å². The number of morpholine rings is 1. The molecule has 1 amide bonds. The molecule has 9 heteroatoms. The highest BCUT2D eigenvalue weighted by molar-refractivity contribution is 7.22. The minimum Gasteiger partial charge on any atom is -0.494 e. The Morgan fingerprint density at radius 3 is 2.79 bits per heavy atom. The maximum atomic E-state index is 14.0. The number of anilines is 1. The standard InChI is InChI=1S/C25H29N5O3S/c1-17-8-9-19(32-3)21-23(17)34-25(27-21)30(12-6-10-28-13-15-33-16-14-28)24(31)22-18(2)26-20-7-4-5-11-29(20)22/h4-5,7-9,11H,6,10,12-16H2,1-3H3. The summed E-state index contributed by atoms with van der Waals surface area (Å²) in [5, 5.41) is 0.680. The summed E-state index contributed by atoms with van der Waals surface area (Å²) in [5.41, 5.74) is 3.96. The van der Waals surface area contributed by atoms with E-state index in [0.29, 0.717) is 23.1 Å². The number of rotatable bonds is 7. The van der Waals surface area contributed by atoms with Crippen molar-refractivity contribution in [1.82, 2.24) is 19.3 Å². The third-order valence-electron chi connectivity index (χ3n) is 6.25. The molecular formula is C25H29N5O3S. The Balaban J connectivity index is 1.51. The number of carbonyl (C=O) groups excluding carboxylic acids is 1. The Morgan fingerprint density at radius 1 is 1.18 bits per heavy atom. The highest BCUT2D eigenvalue weighted by atomic mass is 32.1. The topological polar surface area (TPSA) is 72.2 Å². The third-order valence-corrected chi connectivity index (χ3v) is 7.47. The van der Waals surface area contributed by atoms with Gasteiger partial charge in [0, 0.05) is 32.4 Å². The molecule has 8 nitrogen and oxygen atoms in total. The second-order valence-corrected chi connectivity index (χ2v) is 9.48. The predicted octanol–water partition coefficient (Wildman–Crippen LogP) is 3.94. The van der Waals surface area contributed by atoms with E-state index in [0.717, 1.165) is 66.4 Å². The van der Waals surface area contributed by atoms with Gasteiger partial charge in [-0.15, -0.1) is 0 Å². The van der Waals surface area contributed by atoms with Crippen LogP contribution in [0.1, 0.15) is 28.2 Å². The Morgan fingerprint density at radius 2 is 2.00 bits per heavy atom. The van der Waals surface area contributed by atoms with Gasteiger partial charge in [0.15, 0.2) is 5.13 Å². The van der Waals surface area contributed by atoms with E-state index in [4.69, 9.17) is 14.5 Å². The summed E-state index contributed by atoms with van der Waals surface area (Å²) in [5.74, 6) is 0.628. The molecule has 5 rings (SSSR count). The molecule has 1 aliphatic rings. The number of amides is 1. The number of imidazole rings is 1. The zero-order chi connectivity index (χ0) is 23.7. The molecule has 0 saturated carbocycles. The average Bonchev–Trinajstić information content (AvgIpc) is 3.44. The molecule has 1 aromatic carbocycles. The lowest BCUT2D eigenvalue weighted by atomic mass is 10.2. The summed E-state index contributed by atoms with van der Waals surface area (Å²) in [6.45, 7) is 8.81. The van der Waals surface area contributed by atoms with Crippen LogP contribution in [-0.2, 0) is 4.74 Å². The van der Waals surface area contributed by atoms with Gasteiger partial charge < -0.3 is 9.47 Å². The second kappa shape index (κ2) is 9.69. The molecule has 0 spiro atoms. The van der Waals surface area contributed by atoms with Crippen LogP contribution in [0.4, 0.5) is 5.13 Å². The maximum absolute atomic E-state index is 14.0. The van der Waals surface area contributed by atoms with Crippen molar-refractivity contribution in [2.45, 2.75) is 20.3 Å². The van der Waals surface area contributed by atoms with Crippen molar-refractivity contribution in [3.05, 3.63) is 53.5 Å². The number of hydrogen-bond donors (Lipinski definition) is 0. The lowest BCUT2D eigenvalue weighted by Crippen LogP contribution is -2.39. The molecule has 3 aromatic heterocycles. The number of methoxy groups -OCH3 is 1. The van der Waals surface area contributed by atoms with E-state index in [9.17, 15) is 4.79 Å². The van der Waals surface area contributed by atoms with Crippen LogP contribution in [0.5, 0.6) is 5.75 Å². The Kier molecular flexibility index (Phi) is 6.49. The van der Waals surface area contributed by atoms with Gasteiger partial charge in [-0.3, -0.25) is 19.0 Å². The third kappa shape index (κ3) is 4.26. The van der Waals surface area contributed by atoms with Gasteiger partial charge in [-0.25, -0.2) is 9.97 Å². The number of hydrogen-bond acceptors (Lipinski definition) is 7. The van der Waals surface area contributed by atoms with Gasteiger partial charge in [-0.1, -0.05) is 23.5 Å². The van der Waals surface area contributed by atoms with Gasteiger partial charge in [-0.2, -0.15) is 0 Å². The molecule has 0 bridgehead atoms. The number of carbonyl (C=O) groups is 1. The first-order valence-corrected chi connectivity index (χ1v) is 12.4. The number of ether oxygens (including phenoxy) is 2. The summed E-state index contributed by atoms with van der Waals surface area (Å²) < 4.78 is 13.9. The Bertz CT molecular complexity index is 1330. The first kappa shape index (κ1) is 22.8. The van der Waals surface area contributed by atoms with Crippen molar-refractivity contribution < 1.29 is 14.3 Å². The molecule has 34 heavy (non-hydrogen) atoms. The lowest BCUT2D eigenvalue weighted by molar-refractivity contribution is 0.0376. The fraction of sp³-hybridized carbons (Fsp3) is 0.400. The first-order chi connectivity index (χ1) is 16.6. The van der Waals surface area contributed by atoms with Gasteiger partial charge in [0.25, 0.3) is 5.91 Å². The van der Waals surface area contributed by atoms with E-state index in [-0.39, 0.29) is 5.91 Å². The summed E-state index contributed by atoms with van der Waals surface area (Å²) in [4.78, 5) is 27.7. The summed E-state index contributed by atoms with van der Waals surface area (Å²) in [6, 6.07) is 9.72. The monoisotopic (exact) mass is 479 g/mol. The number of thiazole rings is 1.